The molecule has 2 rings (SSSR count). The van der Waals surface area contributed by atoms with Crippen LogP contribution >= 0.6 is 23.8 Å². The monoisotopic (exact) mass is 386 g/mol. The topological polar surface area (TPSA) is 50.4 Å². The van der Waals surface area contributed by atoms with Crippen LogP contribution in [0.4, 0.5) is 5.69 Å². The molecule has 0 saturated carbocycles. The molecule has 0 fully saturated rings. The van der Waals surface area contributed by atoms with Crippen LogP contribution in [0.15, 0.2) is 66.8 Å². The number of hydrogen-bond acceptors (Lipinski definition) is 3. The van der Waals surface area contributed by atoms with E-state index in [1.54, 1.807) is 24.3 Å². The van der Waals surface area contributed by atoms with E-state index in [-0.39, 0.29) is 11.0 Å². The highest BCUT2D eigenvalue weighted by molar-refractivity contribution is 7.80. The van der Waals surface area contributed by atoms with E-state index < -0.39 is 0 Å². The lowest BCUT2D eigenvalue weighted by Gasteiger charge is -2.10. The second kappa shape index (κ2) is 9.75. The van der Waals surface area contributed by atoms with Gasteiger partial charge in [0.25, 0.3) is 0 Å². The largest absolute Gasteiger partial charge is 0.489 e. The van der Waals surface area contributed by atoms with E-state index in [1.807, 2.05) is 37.3 Å². The molecule has 4 nitrogen and oxygen atoms in total. The summed E-state index contributed by atoms with van der Waals surface area (Å²) in [6.07, 6.45) is 3.09. The van der Waals surface area contributed by atoms with Crippen LogP contribution in [0, 0.1) is 0 Å². The lowest BCUT2D eigenvalue weighted by atomic mass is 10.2. The molecular weight excluding hydrogens is 368 g/mol. The maximum atomic E-state index is 11.9. The molecule has 0 aliphatic rings. The van der Waals surface area contributed by atoms with Crippen molar-refractivity contribution in [2.75, 3.05) is 11.9 Å². The molecule has 0 saturated heterocycles. The van der Waals surface area contributed by atoms with Gasteiger partial charge in [-0.25, -0.2) is 0 Å². The summed E-state index contributed by atoms with van der Waals surface area (Å²) in [5.41, 5.74) is 2.51. The number of benzene rings is 2. The molecule has 0 radical (unpaired) electrons. The van der Waals surface area contributed by atoms with Crippen molar-refractivity contribution in [3.8, 4) is 5.75 Å². The molecule has 2 N–H and O–H groups in total. The Morgan fingerprint density at radius 1 is 1.27 bits per heavy atom. The van der Waals surface area contributed by atoms with E-state index in [0.717, 1.165) is 16.8 Å². The number of halogens is 1. The predicted molar refractivity (Wildman–Crippen MR) is 112 cm³/mol. The van der Waals surface area contributed by atoms with Crippen molar-refractivity contribution in [3.63, 3.8) is 0 Å². The number of rotatable bonds is 6. The van der Waals surface area contributed by atoms with E-state index in [4.69, 9.17) is 28.6 Å². The Morgan fingerprint density at radius 3 is 2.69 bits per heavy atom. The quantitative estimate of drug-likeness (QED) is 0.424. The van der Waals surface area contributed by atoms with Crippen LogP contribution < -0.4 is 15.4 Å². The molecule has 0 bridgehead atoms. The zero-order chi connectivity index (χ0) is 18.9. The predicted octanol–water partition coefficient (Wildman–Crippen LogP) is 4.82. The smallest absolute Gasteiger partial charge is 0.250 e. The van der Waals surface area contributed by atoms with Crippen molar-refractivity contribution < 1.29 is 9.53 Å². The van der Waals surface area contributed by atoms with E-state index in [0.29, 0.717) is 17.4 Å². The number of thiocarbonyl (C=S) groups is 1. The van der Waals surface area contributed by atoms with E-state index >= 15 is 0 Å². The highest BCUT2D eigenvalue weighted by atomic mass is 35.5. The van der Waals surface area contributed by atoms with Crippen molar-refractivity contribution in [1.29, 1.82) is 0 Å². The van der Waals surface area contributed by atoms with Gasteiger partial charge in [-0.2, -0.15) is 0 Å². The Bertz CT molecular complexity index is 832. The maximum absolute atomic E-state index is 11.9. The van der Waals surface area contributed by atoms with Crippen molar-refractivity contribution >= 4 is 46.6 Å². The third-order valence-electron chi connectivity index (χ3n) is 3.11. The van der Waals surface area contributed by atoms with Crippen molar-refractivity contribution in [3.05, 3.63) is 77.3 Å². The van der Waals surface area contributed by atoms with Crippen LogP contribution in [-0.2, 0) is 4.79 Å². The third-order valence-corrected chi connectivity index (χ3v) is 3.57. The normalized spacial score (nSPS) is 10.4. The van der Waals surface area contributed by atoms with Crippen LogP contribution in [0.1, 0.15) is 12.5 Å². The summed E-state index contributed by atoms with van der Waals surface area (Å²) in [5.74, 6) is 0.363. The van der Waals surface area contributed by atoms with Crippen molar-refractivity contribution in [2.24, 2.45) is 0 Å². The van der Waals surface area contributed by atoms with Gasteiger partial charge in [-0.05, 0) is 60.6 Å². The number of carbonyl (C=O) groups excluding carboxylic acids is 1. The zero-order valence-corrected chi connectivity index (χ0v) is 15.9. The molecule has 0 unspecified atom stereocenters. The fourth-order valence-corrected chi connectivity index (χ4v) is 2.28. The minimum Gasteiger partial charge on any atom is -0.489 e. The summed E-state index contributed by atoms with van der Waals surface area (Å²) in [6, 6.07) is 14.5. The molecule has 26 heavy (non-hydrogen) atoms. The van der Waals surface area contributed by atoms with Crippen LogP contribution in [-0.4, -0.2) is 17.6 Å². The Kier molecular flexibility index (Phi) is 7.38. The maximum Gasteiger partial charge on any atom is 0.250 e. The van der Waals surface area contributed by atoms with Gasteiger partial charge in [0.05, 0.1) is 0 Å². The van der Waals surface area contributed by atoms with E-state index in [2.05, 4.69) is 17.2 Å². The Hall–Kier alpha value is -2.63. The number of nitrogens with one attached hydrogen (secondary N) is 2. The van der Waals surface area contributed by atoms with Crippen LogP contribution in [0.25, 0.3) is 6.08 Å². The highest BCUT2D eigenvalue weighted by Crippen LogP contribution is 2.17. The highest BCUT2D eigenvalue weighted by Gasteiger charge is 2.03. The summed E-state index contributed by atoms with van der Waals surface area (Å²) < 4.78 is 5.58. The molecule has 0 aliphatic heterocycles. The first-order chi connectivity index (χ1) is 12.4. The molecule has 2 aromatic carbocycles. The minimum absolute atomic E-state index is 0.202. The Labute approximate surface area is 163 Å². The fourth-order valence-electron chi connectivity index (χ4n) is 1.93. The van der Waals surface area contributed by atoms with E-state index in [1.165, 1.54) is 6.08 Å². The molecule has 2 aromatic rings. The first-order valence-electron chi connectivity index (χ1n) is 7.85. The van der Waals surface area contributed by atoms with Crippen molar-refractivity contribution in [1.82, 2.24) is 5.32 Å². The van der Waals surface area contributed by atoms with Crippen LogP contribution in [0.5, 0.6) is 5.75 Å². The second-order valence-corrected chi connectivity index (χ2v) is 6.45. The zero-order valence-electron chi connectivity index (χ0n) is 14.3. The molecule has 6 heteroatoms. The lowest BCUT2D eigenvalue weighted by Crippen LogP contribution is -2.32. The standard InChI is InChI=1S/C20H19ClN2O2S/c1-14(2)13-25-18-5-3-4-17(12-18)22-20(26)23-19(24)11-8-15-6-9-16(21)10-7-15/h3-12H,1,13H2,2H3,(H2,22,23,24,26)/b11-8+. The number of carbonyl (C=O) groups is 1. The molecule has 1 amide bonds. The van der Waals surface area contributed by atoms with Crippen molar-refractivity contribution in [2.45, 2.75) is 6.92 Å². The molecule has 0 atom stereocenters. The summed E-state index contributed by atoms with van der Waals surface area (Å²) in [6.45, 7) is 6.13. The molecule has 134 valence electrons. The van der Waals surface area contributed by atoms with E-state index in [9.17, 15) is 4.79 Å². The van der Waals surface area contributed by atoms with Gasteiger partial charge in [0.1, 0.15) is 12.4 Å². The molecule has 0 spiro atoms. The molecule has 0 heterocycles. The molecule has 0 aromatic heterocycles. The SMILES string of the molecule is C=C(C)COc1cccc(NC(=S)NC(=O)/C=C/c2ccc(Cl)cc2)c1. The second-order valence-electron chi connectivity index (χ2n) is 5.60. The summed E-state index contributed by atoms with van der Waals surface area (Å²) in [7, 11) is 0. The van der Waals surface area contributed by atoms with Gasteiger partial charge in [-0.1, -0.05) is 36.4 Å². The van der Waals surface area contributed by atoms with Gasteiger partial charge in [0.2, 0.25) is 5.91 Å². The average Bonchev–Trinajstić information content (AvgIpc) is 2.59. The first-order valence-corrected chi connectivity index (χ1v) is 8.64. The van der Waals surface area contributed by atoms with Gasteiger partial charge in [-0.15, -0.1) is 0 Å². The summed E-state index contributed by atoms with van der Waals surface area (Å²) in [4.78, 5) is 11.9. The molecular formula is C20H19ClN2O2S. The first kappa shape index (κ1) is 19.7. The number of amides is 1. The van der Waals surface area contributed by atoms with Gasteiger partial charge >= 0.3 is 0 Å². The Balaban J connectivity index is 1.87. The lowest BCUT2D eigenvalue weighted by molar-refractivity contribution is -0.115. The Morgan fingerprint density at radius 2 is 2.00 bits per heavy atom. The van der Waals surface area contributed by atoms with Gasteiger partial charge in [0.15, 0.2) is 5.11 Å². The molecule has 0 aliphatic carbocycles. The summed E-state index contributed by atoms with van der Waals surface area (Å²) in [5, 5.41) is 6.39. The average molecular weight is 387 g/mol. The van der Waals surface area contributed by atoms with Crippen LogP contribution in [0.2, 0.25) is 5.02 Å². The van der Waals surface area contributed by atoms with Gasteiger partial charge in [0, 0.05) is 22.9 Å². The number of hydrogen-bond donors (Lipinski definition) is 2. The fraction of sp³-hybridized carbons (Fsp3) is 0.100. The van der Waals surface area contributed by atoms with Gasteiger partial charge < -0.3 is 10.1 Å². The third kappa shape index (κ3) is 7.09. The number of anilines is 1. The number of ether oxygens (including phenoxy) is 1. The van der Waals surface area contributed by atoms with Crippen LogP contribution in [0.3, 0.4) is 0 Å². The minimum atomic E-state index is -0.327. The summed E-state index contributed by atoms with van der Waals surface area (Å²) >= 11 is 11.0. The van der Waals surface area contributed by atoms with Gasteiger partial charge in [-0.3, -0.25) is 10.1 Å².